The number of halogens is 3. The zero-order chi connectivity index (χ0) is 14.8. The molecular formula is C15H10Cl2FN3. The van der Waals surface area contributed by atoms with Crippen LogP contribution in [0, 0.1) is 5.82 Å². The number of nitrogens with zero attached hydrogens (tertiary/aromatic N) is 3. The van der Waals surface area contributed by atoms with E-state index in [0.717, 1.165) is 5.56 Å². The molecule has 0 aliphatic carbocycles. The lowest BCUT2D eigenvalue weighted by Crippen LogP contribution is -2.02. The summed E-state index contributed by atoms with van der Waals surface area (Å²) in [5.74, 6) is -0.206. The quantitative estimate of drug-likeness (QED) is 0.666. The van der Waals surface area contributed by atoms with Gasteiger partial charge in [-0.25, -0.2) is 9.07 Å². The second-order valence-corrected chi connectivity index (χ2v) is 5.10. The number of rotatable bonds is 3. The Labute approximate surface area is 130 Å². The van der Waals surface area contributed by atoms with Gasteiger partial charge in [-0.2, -0.15) is 0 Å². The van der Waals surface area contributed by atoms with Crippen molar-refractivity contribution in [2.75, 3.05) is 0 Å². The molecule has 2 aromatic carbocycles. The lowest BCUT2D eigenvalue weighted by Gasteiger charge is -2.09. The Morgan fingerprint density at radius 1 is 1.10 bits per heavy atom. The van der Waals surface area contributed by atoms with Crippen LogP contribution < -0.4 is 0 Å². The second kappa shape index (κ2) is 5.84. The van der Waals surface area contributed by atoms with Gasteiger partial charge in [0.05, 0.1) is 11.6 Å². The molecule has 0 fully saturated rings. The fourth-order valence-electron chi connectivity index (χ4n) is 2.12. The van der Waals surface area contributed by atoms with E-state index in [2.05, 4.69) is 10.3 Å². The van der Waals surface area contributed by atoms with E-state index in [9.17, 15) is 4.39 Å². The van der Waals surface area contributed by atoms with Gasteiger partial charge in [-0.3, -0.25) is 0 Å². The van der Waals surface area contributed by atoms with E-state index in [1.54, 1.807) is 30.3 Å². The largest absolute Gasteiger partial charge is 0.210 e. The second-order valence-electron chi connectivity index (χ2n) is 4.39. The Morgan fingerprint density at radius 3 is 2.62 bits per heavy atom. The number of alkyl halides is 1. The van der Waals surface area contributed by atoms with Gasteiger partial charge in [0.2, 0.25) is 0 Å². The third kappa shape index (κ3) is 2.64. The summed E-state index contributed by atoms with van der Waals surface area (Å²) in [4.78, 5) is 0. The van der Waals surface area contributed by atoms with Gasteiger partial charge in [-0.15, -0.1) is 16.7 Å². The zero-order valence-corrected chi connectivity index (χ0v) is 12.3. The number of hydrogen-bond acceptors (Lipinski definition) is 2. The lowest BCUT2D eigenvalue weighted by molar-refractivity contribution is 0.608. The van der Waals surface area contributed by atoms with E-state index < -0.39 is 0 Å². The third-order valence-electron chi connectivity index (χ3n) is 3.05. The number of benzene rings is 2. The van der Waals surface area contributed by atoms with E-state index in [-0.39, 0.29) is 11.7 Å². The third-order valence-corrected chi connectivity index (χ3v) is 3.53. The van der Waals surface area contributed by atoms with Crippen molar-refractivity contribution < 1.29 is 4.39 Å². The number of aromatic nitrogens is 3. The summed E-state index contributed by atoms with van der Waals surface area (Å²) < 4.78 is 15.5. The Balaban J connectivity index is 2.24. The molecule has 106 valence electrons. The molecular weight excluding hydrogens is 312 g/mol. The molecule has 0 aliphatic heterocycles. The number of hydrogen-bond donors (Lipinski definition) is 0. The van der Waals surface area contributed by atoms with E-state index >= 15 is 0 Å². The molecule has 21 heavy (non-hydrogen) atoms. The van der Waals surface area contributed by atoms with Crippen LogP contribution >= 0.6 is 23.2 Å². The first kappa shape index (κ1) is 14.0. The van der Waals surface area contributed by atoms with Crippen molar-refractivity contribution in [2.24, 2.45) is 0 Å². The molecule has 0 bridgehead atoms. The van der Waals surface area contributed by atoms with Gasteiger partial charge in [0, 0.05) is 10.6 Å². The van der Waals surface area contributed by atoms with Crippen molar-refractivity contribution in [3.8, 4) is 16.9 Å². The molecule has 0 unspecified atom stereocenters. The van der Waals surface area contributed by atoms with Crippen molar-refractivity contribution in [1.29, 1.82) is 0 Å². The Hall–Kier alpha value is -1.91. The highest BCUT2D eigenvalue weighted by molar-refractivity contribution is 6.30. The Kier molecular flexibility index (Phi) is 3.90. The maximum Gasteiger partial charge on any atom is 0.148 e. The highest BCUT2D eigenvalue weighted by Crippen LogP contribution is 2.28. The normalized spacial score (nSPS) is 10.8. The summed E-state index contributed by atoms with van der Waals surface area (Å²) >= 11 is 11.9. The molecule has 0 radical (unpaired) electrons. The zero-order valence-electron chi connectivity index (χ0n) is 10.8. The van der Waals surface area contributed by atoms with E-state index in [0.29, 0.717) is 22.1 Å². The van der Waals surface area contributed by atoms with Crippen LogP contribution in [0.5, 0.6) is 0 Å². The van der Waals surface area contributed by atoms with Crippen molar-refractivity contribution in [3.63, 3.8) is 0 Å². The SMILES string of the molecule is Fc1ccccc1-n1nnc(CCl)c1-c1cccc(Cl)c1. The van der Waals surface area contributed by atoms with Crippen LogP contribution in [0.15, 0.2) is 48.5 Å². The minimum absolute atomic E-state index is 0.177. The molecule has 3 aromatic rings. The van der Waals surface area contributed by atoms with Gasteiger partial charge in [0.15, 0.2) is 0 Å². The topological polar surface area (TPSA) is 30.7 Å². The molecule has 0 N–H and O–H groups in total. The first-order valence-corrected chi connectivity index (χ1v) is 7.13. The predicted octanol–water partition coefficient (Wildman–Crippen LogP) is 4.47. The molecule has 3 rings (SSSR count). The smallest absolute Gasteiger partial charge is 0.148 e. The molecule has 3 nitrogen and oxygen atoms in total. The summed E-state index contributed by atoms with van der Waals surface area (Å²) in [6.45, 7) is 0. The highest BCUT2D eigenvalue weighted by atomic mass is 35.5. The van der Waals surface area contributed by atoms with Crippen LogP contribution in [0.1, 0.15) is 5.69 Å². The monoisotopic (exact) mass is 321 g/mol. The van der Waals surface area contributed by atoms with Crippen LogP contribution in [-0.4, -0.2) is 15.0 Å². The predicted molar refractivity (Wildman–Crippen MR) is 81.3 cm³/mol. The van der Waals surface area contributed by atoms with Crippen LogP contribution in [0.3, 0.4) is 0 Å². The first-order chi connectivity index (χ1) is 10.2. The van der Waals surface area contributed by atoms with Crippen molar-refractivity contribution >= 4 is 23.2 Å². The summed E-state index contributed by atoms with van der Waals surface area (Å²) in [6, 6.07) is 13.6. The van der Waals surface area contributed by atoms with E-state index in [4.69, 9.17) is 23.2 Å². The Bertz CT molecular complexity index is 786. The molecule has 0 aliphatic rings. The molecule has 0 spiro atoms. The van der Waals surface area contributed by atoms with Crippen molar-refractivity contribution in [1.82, 2.24) is 15.0 Å². The average Bonchev–Trinajstić information content (AvgIpc) is 2.91. The summed E-state index contributed by atoms with van der Waals surface area (Å²) in [5, 5.41) is 8.63. The fraction of sp³-hybridized carbons (Fsp3) is 0.0667. The Morgan fingerprint density at radius 2 is 1.90 bits per heavy atom. The van der Waals surface area contributed by atoms with Gasteiger partial charge in [0.25, 0.3) is 0 Å². The van der Waals surface area contributed by atoms with Crippen LogP contribution in [0.25, 0.3) is 16.9 Å². The maximum atomic E-state index is 14.0. The van der Waals surface area contributed by atoms with Crippen LogP contribution in [0.2, 0.25) is 5.02 Å². The van der Waals surface area contributed by atoms with Gasteiger partial charge >= 0.3 is 0 Å². The lowest BCUT2D eigenvalue weighted by atomic mass is 10.1. The summed E-state index contributed by atoms with van der Waals surface area (Å²) in [6.07, 6.45) is 0. The van der Waals surface area contributed by atoms with Crippen molar-refractivity contribution in [3.05, 3.63) is 65.1 Å². The molecule has 1 aromatic heterocycles. The van der Waals surface area contributed by atoms with Gasteiger partial charge < -0.3 is 0 Å². The number of para-hydroxylation sites is 1. The molecule has 0 amide bonds. The van der Waals surface area contributed by atoms with E-state index in [1.807, 2.05) is 12.1 Å². The standard InChI is InChI=1S/C15H10Cl2FN3/c16-9-13-15(10-4-3-5-11(17)8-10)21(20-19-13)14-7-2-1-6-12(14)18/h1-8H,9H2. The average molecular weight is 322 g/mol. The van der Waals surface area contributed by atoms with Gasteiger partial charge in [-0.1, -0.05) is 41.1 Å². The molecule has 0 saturated heterocycles. The van der Waals surface area contributed by atoms with Crippen molar-refractivity contribution in [2.45, 2.75) is 5.88 Å². The fourth-order valence-corrected chi connectivity index (χ4v) is 2.49. The molecule has 0 atom stereocenters. The minimum Gasteiger partial charge on any atom is -0.210 e. The van der Waals surface area contributed by atoms with Crippen LogP contribution in [-0.2, 0) is 5.88 Å². The molecule has 6 heteroatoms. The first-order valence-electron chi connectivity index (χ1n) is 6.22. The minimum atomic E-state index is -0.383. The van der Waals surface area contributed by atoms with Gasteiger partial charge in [0.1, 0.15) is 17.2 Å². The van der Waals surface area contributed by atoms with E-state index in [1.165, 1.54) is 10.7 Å². The van der Waals surface area contributed by atoms with Gasteiger partial charge in [-0.05, 0) is 24.3 Å². The summed E-state index contributed by atoms with van der Waals surface area (Å²) in [5.41, 5.74) is 2.31. The highest BCUT2D eigenvalue weighted by Gasteiger charge is 2.17. The molecule has 0 saturated carbocycles. The van der Waals surface area contributed by atoms with Crippen LogP contribution in [0.4, 0.5) is 4.39 Å². The summed E-state index contributed by atoms with van der Waals surface area (Å²) in [7, 11) is 0. The maximum absolute atomic E-state index is 14.0. The molecule has 1 heterocycles.